The molecule has 2 heterocycles. The molecule has 1 aromatic heterocycles. The van der Waals surface area contributed by atoms with Crippen LogP contribution in [0, 0.1) is 11.6 Å². The Morgan fingerprint density at radius 1 is 1.35 bits per heavy atom. The van der Waals surface area contributed by atoms with E-state index in [4.69, 9.17) is 0 Å². The first-order valence-corrected chi connectivity index (χ1v) is 6.51. The molecule has 0 saturated carbocycles. The molecule has 1 aromatic carbocycles. The third-order valence-corrected chi connectivity index (χ3v) is 3.26. The van der Waals surface area contributed by atoms with Crippen LogP contribution in [0.5, 0.6) is 0 Å². The number of nitrogens with one attached hydrogen (secondary N) is 1. The molecule has 1 aliphatic heterocycles. The molecule has 104 valence electrons. The summed E-state index contributed by atoms with van der Waals surface area (Å²) < 4.78 is 27.4. The summed E-state index contributed by atoms with van der Waals surface area (Å²) in [6.07, 6.45) is 1.88. The standard InChI is InChI=1S/C14H14F2N4/c1-2-17-14-18-8-11(16)13(19-14)20-6-5-9-3-4-10(15)7-12(9)20/h3-4,7-8H,2,5-6H2,1H3,(H,17,18,19). The number of nitrogens with zero attached hydrogens (tertiary/aromatic N) is 3. The number of halogens is 2. The van der Waals surface area contributed by atoms with Gasteiger partial charge in [-0.3, -0.25) is 0 Å². The third kappa shape index (κ3) is 2.17. The molecule has 2 aromatic rings. The van der Waals surface area contributed by atoms with Crippen molar-refractivity contribution in [3.63, 3.8) is 0 Å². The molecule has 0 fully saturated rings. The first-order valence-electron chi connectivity index (χ1n) is 6.51. The van der Waals surface area contributed by atoms with Crippen LogP contribution in [0.2, 0.25) is 0 Å². The quantitative estimate of drug-likeness (QED) is 0.936. The van der Waals surface area contributed by atoms with Gasteiger partial charge in [0, 0.05) is 18.8 Å². The maximum atomic E-state index is 14.0. The lowest BCUT2D eigenvalue weighted by Crippen LogP contribution is -2.18. The van der Waals surface area contributed by atoms with Gasteiger partial charge < -0.3 is 10.2 Å². The molecule has 20 heavy (non-hydrogen) atoms. The maximum absolute atomic E-state index is 14.0. The highest BCUT2D eigenvalue weighted by Crippen LogP contribution is 2.35. The van der Waals surface area contributed by atoms with Gasteiger partial charge in [-0.2, -0.15) is 4.98 Å². The second-order valence-corrected chi connectivity index (χ2v) is 4.57. The van der Waals surface area contributed by atoms with Gasteiger partial charge in [0.15, 0.2) is 11.6 Å². The summed E-state index contributed by atoms with van der Waals surface area (Å²) in [5.41, 5.74) is 1.67. The lowest BCUT2D eigenvalue weighted by atomic mass is 10.2. The number of aromatic nitrogens is 2. The van der Waals surface area contributed by atoms with Crippen molar-refractivity contribution in [2.45, 2.75) is 13.3 Å². The van der Waals surface area contributed by atoms with Crippen LogP contribution in [0.25, 0.3) is 0 Å². The SMILES string of the molecule is CCNc1ncc(F)c(N2CCc3ccc(F)cc32)n1. The van der Waals surface area contributed by atoms with E-state index in [9.17, 15) is 8.78 Å². The summed E-state index contributed by atoms with van der Waals surface area (Å²) in [5, 5.41) is 2.94. The second kappa shape index (κ2) is 5.03. The minimum Gasteiger partial charge on any atom is -0.354 e. The van der Waals surface area contributed by atoms with Gasteiger partial charge in [-0.25, -0.2) is 13.8 Å². The largest absolute Gasteiger partial charge is 0.354 e. The Balaban J connectivity index is 2.03. The van der Waals surface area contributed by atoms with Gasteiger partial charge in [0.25, 0.3) is 0 Å². The minimum absolute atomic E-state index is 0.181. The van der Waals surface area contributed by atoms with Crippen molar-refractivity contribution in [2.75, 3.05) is 23.3 Å². The van der Waals surface area contributed by atoms with Crippen molar-refractivity contribution < 1.29 is 8.78 Å². The first kappa shape index (κ1) is 12.8. The van der Waals surface area contributed by atoms with E-state index in [1.165, 1.54) is 12.1 Å². The zero-order valence-electron chi connectivity index (χ0n) is 11.0. The Morgan fingerprint density at radius 2 is 2.20 bits per heavy atom. The Labute approximate surface area is 115 Å². The summed E-state index contributed by atoms with van der Waals surface area (Å²) in [4.78, 5) is 9.75. The van der Waals surface area contributed by atoms with Gasteiger partial charge in [-0.05, 0) is 31.0 Å². The first-order chi connectivity index (χ1) is 9.69. The van der Waals surface area contributed by atoms with E-state index in [-0.39, 0.29) is 11.6 Å². The fraction of sp³-hybridized carbons (Fsp3) is 0.286. The monoisotopic (exact) mass is 276 g/mol. The number of hydrogen-bond acceptors (Lipinski definition) is 4. The highest BCUT2D eigenvalue weighted by atomic mass is 19.1. The molecule has 0 radical (unpaired) electrons. The van der Waals surface area contributed by atoms with E-state index in [1.807, 2.05) is 6.92 Å². The van der Waals surface area contributed by atoms with E-state index >= 15 is 0 Å². The summed E-state index contributed by atoms with van der Waals surface area (Å²) in [6.45, 7) is 3.14. The van der Waals surface area contributed by atoms with Crippen molar-refractivity contribution in [1.29, 1.82) is 0 Å². The molecule has 6 heteroatoms. The summed E-state index contributed by atoms with van der Waals surface area (Å²) in [6, 6.07) is 4.56. The van der Waals surface area contributed by atoms with Crippen LogP contribution in [0.1, 0.15) is 12.5 Å². The second-order valence-electron chi connectivity index (χ2n) is 4.57. The zero-order valence-corrected chi connectivity index (χ0v) is 11.0. The van der Waals surface area contributed by atoms with Crippen molar-refractivity contribution in [1.82, 2.24) is 9.97 Å². The number of anilines is 3. The maximum Gasteiger partial charge on any atom is 0.224 e. The van der Waals surface area contributed by atoms with E-state index in [2.05, 4.69) is 15.3 Å². The highest BCUT2D eigenvalue weighted by Gasteiger charge is 2.25. The fourth-order valence-corrected chi connectivity index (χ4v) is 2.36. The van der Waals surface area contributed by atoms with Gasteiger partial charge in [0.05, 0.1) is 6.20 Å². The molecule has 4 nitrogen and oxygen atoms in total. The van der Waals surface area contributed by atoms with Crippen LogP contribution in [0.4, 0.5) is 26.2 Å². The molecule has 1 aliphatic rings. The average molecular weight is 276 g/mol. The van der Waals surface area contributed by atoms with Gasteiger partial charge in [-0.1, -0.05) is 6.07 Å². The van der Waals surface area contributed by atoms with Crippen molar-refractivity contribution >= 4 is 17.5 Å². The predicted molar refractivity (Wildman–Crippen MR) is 73.3 cm³/mol. The Kier molecular flexibility index (Phi) is 3.22. The summed E-state index contributed by atoms with van der Waals surface area (Å²) in [5.74, 6) is -0.296. The molecule has 1 N–H and O–H groups in total. The van der Waals surface area contributed by atoms with Crippen LogP contribution < -0.4 is 10.2 Å². The van der Waals surface area contributed by atoms with Crippen LogP contribution in [0.15, 0.2) is 24.4 Å². The van der Waals surface area contributed by atoms with Crippen LogP contribution >= 0.6 is 0 Å². The smallest absolute Gasteiger partial charge is 0.224 e. The topological polar surface area (TPSA) is 41.1 Å². The van der Waals surface area contributed by atoms with E-state index in [0.29, 0.717) is 24.7 Å². The zero-order chi connectivity index (χ0) is 14.1. The lowest BCUT2D eigenvalue weighted by molar-refractivity contribution is 0.611. The predicted octanol–water partition coefficient (Wildman–Crippen LogP) is 2.88. The van der Waals surface area contributed by atoms with E-state index in [1.54, 1.807) is 11.0 Å². The van der Waals surface area contributed by atoms with Crippen LogP contribution in [-0.4, -0.2) is 23.1 Å². The van der Waals surface area contributed by atoms with Gasteiger partial charge in [0.1, 0.15) is 5.82 Å². The molecular formula is C14H14F2N4. The Bertz CT molecular complexity index is 645. The molecule has 0 atom stereocenters. The van der Waals surface area contributed by atoms with Crippen molar-refractivity contribution in [3.8, 4) is 0 Å². The highest BCUT2D eigenvalue weighted by molar-refractivity contribution is 5.68. The summed E-state index contributed by atoms with van der Waals surface area (Å²) >= 11 is 0. The molecule has 3 rings (SSSR count). The number of rotatable bonds is 3. The molecule has 0 amide bonds. The normalized spacial score (nSPS) is 13.4. The summed E-state index contributed by atoms with van der Waals surface area (Å²) in [7, 11) is 0. The van der Waals surface area contributed by atoms with Crippen LogP contribution in [-0.2, 0) is 6.42 Å². The molecule has 0 saturated heterocycles. The fourth-order valence-electron chi connectivity index (χ4n) is 2.36. The van der Waals surface area contributed by atoms with Gasteiger partial charge >= 0.3 is 0 Å². The van der Waals surface area contributed by atoms with Gasteiger partial charge in [0.2, 0.25) is 5.95 Å². The van der Waals surface area contributed by atoms with Crippen molar-refractivity contribution in [2.24, 2.45) is 0 Å². The molecule has 0 spiro atoms. The van der Waals surface area contributed by atoms with Crippen LogP contribution in [0.3, 0.4) is 0 Å². The minimum atomic E-state index is -0.510. The molecule has 0 aliphatic carbocycles. The molecular weight excluding hydrogens is 262 g/mol. The number of benzene rings is 1. The number of hydrogen-bond donors (Lipinski definition) is 1. The number of fused-ring (bicyclic) bond motifs is 1. The average Bonchev–Trinajstić information content (AvgIpc) is 2.84. The van der Waals surface area contributed by atoms with Crippen molar-refractivity contribution in [3.05, 3.63) is 41.6 Å². The lowest BCUT2D eigenvalue weighted by Gasteiger charge is -2.19. The van der Waals surface area contributed by atoms with E-state index < -0.39 is 5.82 Å². The van der Waals surface area contributed by atoms with Gasteiger partial charge in [-0.15, -0.1) is 0 Å². The Hall–Kier alpha value is -2.24. The molecule has 0 unspecified atom stereocenters. The third-order valence-electron chi connectivity index (χ3n) is 3.26. The van der Waals surface area contributed by atoms with E-state index in [0.717, 1.165) is 18.2 Å². The molecule has 0 bridgehead atoms. The Morgan fingerprint density at radius 3 is 3.00 bits per heavy atom.